The molecule has 14 heteroatoms. The van der Waals surface area contributed by atoms with Crippen molar-refractivity contribution in [3.05, 3.63) is 130 Å². The third kappa shape index (κ3) is 5.66. The molecular formula is C40H28F4IN3O6. The van der Waals surface area contributed by atoms with Gasteiger partial charge in [-0.15, -0.1) is 0 Å². The highest BCUT2D eigenvalue weighted by atomic mass is 127. The minimum absolute atomic E-state index is 0.0606. The zero-order chi connectivity index (χ0) is 37.4. The molecule has 2 aliphatic rings. The second-order valence-electron chi connectivity index (χ2n) is 13.4. The van der Waals surface area contributed by atoms with E-state index < -0.39 is 63.7 Å². The highest BCUT2D eigenvalue weighted by Gasteiger charge is 2.46. The average molecular weight is 850 g/mol. The van der Waals surface area contributed by atoms with Gasteiger partial charge in [0.15, 0.2) is 29.5 Å². The molecule has 1 saturated heterocycles. The van der Waals surface area contributed by atoms with E-state index in [-0.39, 0.29) is 74.4 Å². The topological polar surface area (TPSA) is 115 Å². The van der Waals surface area contributed by atoms with Crippen LogP contribution in [0.15, 0.2) is 84.9 Å². The number of aliphatic hydroxyl groups is 1. The third-order valence-electron chi connectivity index (χ3n) is 10.1. The molecular weight excluding hydrogens is 821 g/mol. The molecule has 5 atom stereocenters. The molecule has 0 aliphatic carbocycles. The van der Waals surface area contributed by atoms with Gasteiger partial charge in [-0.25, -0.2) is 17.6 Å². The van der Waals surface area contributed by atoms with E-state index in [1.807, 2.05) is 83.3 Å². The van der Waals surface area contributed by atoms with Crippen molar-refractivity contribution in [1.82, 2.24) is 14.9 Å². The average Bonchev–Trinajstić information content (AvgIpc) is 3.78. The van der Waals surface area contributed by atoms with E-state index in [9.17, 15) is 23.5 Å². The molecule has 2 amide bonds. The van der Waals surface area contributed by atoms with Crippen molar-refractivity contribution < 1.29 is 46.5 Å². The Balaban J connectivity index is 1.35. The number of aromatic amines is 1. The summed E-state index contributed by atoms with van der Waals surface area (Å²) in [5.41, 5.74) is 1.87. The van der Waals surface area contributed by atoms with Crippen molar-refractivity contribution in [2.75, 3.05) is 0 Å². The van der Waals surface area contributed by atoms with Crippen LogP contribution in [-0.4, -0.2) is 48.9 Å². The van der Waals surface area contributed by atoms with Crippen molar-refractivity contribution >= 4 is 78.0 Å². The lowest BCUT2D eigenvalue weighted by atomic mass is 9.96. The number of nitrogens with one attached hydrogen (secondary N) is 2. The van der Waals surface area contributed by atoms with Gasteiger partial charge in [-0.2, -0.15) is 0 Å². The molecule has 3 N–H and O–H groups in total. The van der Waals surface area contributed by atoms with Crippen LogP contribution in [0.25, 0.3) is 43.6 Å². The Bertz CT molecular complexity index is 2650. The number of hydrogen-bond donors (Lipinski definition) is 3. The van der Waals surface area contributed by atoms with Gasteiger partial charge >= 0.3 is 0 Å². The minimum atomic E-state index is -1.25. The van der Waals surface area contributed by atoms with Crippen molar-refractivity contribution in [3.63, 3.8) is 0 Å². The highest BCUT2D eigenvalue weighted by Crippen LogP contribution is 2.47. The lowest BCUT2D eigenvalue weighted by molar-refractivity contribution is -0.236. The zero-order valence-corrected chi connectivity index (χ0v) is 30.1. The van der Waals surface area contributed by atoms with Gasteiger partial charge in [0, 0.05) is 45.6 Å². The van der Waals surface area contributed by atoms with Crippen LogP contribution in [0.5, 0.6) is 0 Å². The number of carbonyl (C=O) groups is 2. The summed E-state index contributed by atoms with van der Waals surface area (Å²) in [7, 11) is 0. The van der Waals surface area contributed by atoms with Crippen molar-refractivity contribution in [1.29, 1.82) is 0 Å². The van der Waals surface area contributed by atoms with Gasteiger partial charge in [-0.05, 0) is 45.9 Å². The molecule has 5 aromatic carbocycles. The maximum atomic E-state index is 15.4. The van der Waals surface area contributed by atoms with Gasteiger partial charge in [-0.1, -0.05) is 60.7 Å². The monoisotopic (exact) mass is 849 g/mol. The number of H-pyrrole nitrogens is 1. The Kier molecular flexibility index (Phi) is 8.69. The predicted octanol–water partition coefficient (Wildman–Crippen LogP) is 8.08. The number of fused-ring (bicyclic) bond motifs is 10. The summed E-state index contributed by atoms with van der Waals surface area (Å²) in [6, 6.07) is 22.5. The molecule has 0 radical (unpaired) electrons. The fourth-order valence-electron chi connectivity index (χ4n) is 7.77. The number of aromatic nitrogens is 2. The van der Waals surface area contributed by atoms with Gasteiger partial charge in [-0.3, -0.25) is 14.9 Å². The lowest BCUT2D eigenvalue weighted by Crippen LogP contribution is -2.50. The zero-order valence-electron chi connectivity index (χ0n) is 27.9. The maximum absolute atomic E-state index is 15.4. The first-order valence-electron chi connectivity index (χ1n) is 17.0. The Morgan fingerprint density at radius 3 is 2.02 bits per heavy atom. The number of carbonyl (C=O) groups excluding carboxylic acids is 2. The van der Waals surface area contributed by atoms with Crippen LogP contribution in [-0.2, 0) is 27.4 Å². The Morgan fingerprint density at radius 1 is 0.796 bits per heavy atom. The number of hydrogen-bond acceptors (Lipinski definition) is 6. The smallest absolute Gasteiger partial charge is 0.259 e. The number of halogens is 5. The maximum Gasteiger partial charge on any atom is 0.259 e. The number of imide groups is 1. The van der Waals surface area contributed by atoms with Crippen LogP contribution >= 0.6 is 22.6 Å². The SMILES string of the molecule is O=C1NC(=O)c2c1c1c3cc(F)c(F)cc3[nH]c1c1c2c2cc(F)c(F)cc2n1[C@@H]1O[C@H](C(O)I)C[C@H](OCc2ccccc2)[C@H]1OCc1ccccc1. The number of amides is 2. The summed E-state index contributed by atoms with van der Waals surface area (Å²) in [6.07, 6.45) is -3.67. The van der Waals surface area contributed by atoms with E-state index in [0.29, 0.717) is 0 Å². The lowest BCUT2D eigenvalue weighted by Gasteiger charge is -2.43. The standard InChI is InChI=1S/C40H28F4IN3O6/c41-22-11-20-26(13-24(22)43)46-34-30(20)32-33(39(51)47-38(32)50)31-21-12-23(42)25(44)14-27(21)48(35(31)34)40-36(53-17-19-9-5-2-6-10-19)28(15-29(54-40)37(45)49)52-16-18-7-3-1-4-8-18/h1-14,28-29,36-37,40,46,49H,15-17H2,(H,47,50,51)/t28-,29-,36+,37?,40+/m0/s1. The van der Waals surface area contributed by atoms with Gasteiger partial charge in [0.2, 0.25) is 0 Å². The van der Waals surface area contributed by atoms with Crippen LogP contribution in [0.1, 0.15) is 44.5 Å². The molecule has 9 rings (SSSR count). The van der Waals surface area contributed by atoms with Crippen LogP contribution in [0.4, 0.5) is 17.6 Å². The summed E-state index contributed by atoms with van der Waals surface area (Å²) in [5, 5.41) is 13.6. The molecule has 9 nitrogen and oxygen atoms in total. The summed E-state index contributed by atoms with van der Waals surface area (Å²) < 4.78 is 80.5. The number of alkyl halides is 1. The van der Waals surface area contributed by atoms with Gasteiger partial charge < -0.3 is 28.9 Å². The molecule has 54 heavy (non-hydrogen) atoms. The van der Waals surface area contributed by atoms with E-state index >= 15 is 8.78 Å². The second-order valence-corrected chi connectivity index (χ2v) is 14.6. The van der Waals surface area contributed by atoms with E-state index in [1.54, 1.807) is 0 Å². The third-order valence-corrected chi connectivity index (χ3v) is 10.9. The molecule has 0 spiro atoms. The number of nitrogens with zero attached hydrogens (tertiary/aromatic N) is 1. The Hall–Kier alpha value is -4.87. The van der Waals surface area contributed by atoms with Crippen LogP contribution < -0.4 is 5.32 Å². The Morgan fingerprint density at radius 2 is 1.37 bits per heavy atom. The first-order valence-corrected chi connectivity index (χ1v) is 18.3. The molecule has 1 fully saturated rings. The number of aliphatic hydroxyl groups excluding tert-OH is 1. The first kappa shape index (κ1) is 34.9. The number of ether oxygens (including phenoxy) is 3. The number of rotatable bonds is 8. The molecule has 4 heterocycles. The Labute approximate surface area is 316 Å². The minimum Gasteiger partial charge on any atom is -0.380 e. The first-order chi connectivity index (χ1) is 26.1. The van der Waals surface area contributed by atoms with E-state index in [2.05, 4.69) is 10.3 Å². The fraction of sp³-hybridized carbons (Fsp3) is 0.200. The molecule has 0 bridgehead atoms. The normalized spacial score (nSPS) is 20.7. The summed E-state index contributed by atoms with van der Waals surface area (Å²) in [4.78, 5) is 30.2. The van der Waals surface area contributed by atoms with Crippen LogP contribution in [0.2, 0.25) is 0 Å². The second kappa shape index (κ2) is 13.5. The van der Waals surface area contributed by atoms with Crippen molar-refractivity contribution in [2.24, 2.45) is 0 Å². The van der Waals surface area contributed by atoms with Gasteiger partial charge in [0.25, 0.3) is 11.8 Å². The molecule has 0 saturated carbocycles. The number of benzene rings is 5. The van der Waals surface area contributed by atoms with E-state index in [4.69, 9.17) is 14.2 Å². The van der Waals surface area contributed by atoms with Crippen molar-refractivity contribution in [3.8, 4) is 0 Å². The molecule has 2 aliphatic heterocycles. The van der Waals surface area contributed by atoms with Gasteiger partial charge in [0.1, 0.15) is 10.2 Å². The molecule has 2 aromatic heterocycles. The fourth-order valence-corrected chi connectivity index (χ4v) is 8.23. The highest BCUT2D eigenvalue weighted by molar-refractivity contribution is 14.1. The van der Waals surface area contributed by atoms with E-state index in [0.717, 1.165) is 35.4 Å². The largest absolute Gasteiger partial charge is 0.380 e. The summed E-state index contributed by atoms with van der Waals surface area (Å²) >= 11 is 1.83. The molecule has 274 valence electrons. The predicted molar refractivity (Wildman–Crippen MR) is 199 cm³/mol. The summed E-state index contributed by atoms with van der Waals surface area (Å²) in [6.45, 7) is 0.250. The van der Waals surface area contributed by atoms with Crippen LogP contribution in [0, 0.1) is 23.3 Å². The van der Waals surface area contributed by atoms with E-state index in [1.165, 1.54) is 4.57 Å². The molecule has 1 unspecified atom stereocenters. The van der Waals surface area contributed by atoms with Gasteiger partial charge in [0.05, 0.1) is 53.1 Å². The quantitative estimate of drug-likeness (QED) is 0.0617. The summed E-state index contributed by atoms with van der Waals surface area (Å²) in [5.74, 6) is -6.37. The van der Waals surface area contributed by atoms with Crippen molar-refractivity contribution in [2.45, 2.75) is 48.3 Å². The molecule has 7 aromatic rings. The van der Waals surface area contributed by atoms with Crippen LogP contribution in [0.3, 0.4) is 0 Å².